The van der Waals surface area contributed by atoms with Crippen molar-refractivity contribution < 1.29 is 4.79 Å². The molecule has 0 saturated carbocycles. The van der Waals surface area contributed by atoms with Crippen molar-refractivity contribution in [2.24, 2.45) is 0 Å². The van der Waals surface area contributed by atoms with Crippen molar-refractivity contribution in [3.05, 3.63) is 18.0 Å². The van der Waals surface area contributed by atoms with Crippen LogP contribution in [-0.2, 0) is 11.3 Å². The third-order valence-corrected chi connectivity index (χ3v) is 3.90. The zero-order chi connectivity index (χ0) is 13.8. The number of hydrogen-bond acceptors (Lipinski definition) is 3. The van der Waals surface area contributed by atoms with Crippen LogP contribution in [0.1, 0.15) is 45.2 Å². The molecule has 106 valence electrons. The van der Waals surface area contributed by atoms with E-state index in [1.54, 1.807) is 6.92 Å². The van der Waals surface area contributed by atoms with E-state index < -0.39 is 0 Å². The average molecular weight is 264 g/mol. The third kappa shape index (κ3) is 3.56. The summed E-state index contributed by atoms with van der Waals surface area (Å²) in [6.07, 6.45) is 6.10. The number of aryl methyl sites for hydroxylation is 1. The lowest BCUT2D eigenvalue weighted by molar-refractivity contribution is -0.129. The predicted octanol–water partition coefficient (Wildman–Crippen LogP) is 1.56. The molecule has 1 aliphatic rings. The van der Waals surface area contributed by atoms with Gasteiger partial charge in [-0.25, -0.2) is 0 Å². The van der Waals surface area contributed by atoms with Gasteiger partial charge in [-0.05, 0) is 26.7 Å². The zero-order valence-corrected chi connectivity index (χ0v) is 12.1. The van der Waals surface area contributed by atoms with Crippen LogP contribution < -0.4 is 5.32 Å². The fraction of sp³-hybridized carbons (Fsp3) is 0.714. The topological polar surface area (TPSA) is 50.2 Å². The second-order valence-electron chi connectivity index (χ2n) is 5.30. The first-order chi connectivity index (χ1) is 9.10. The zero-order valence-electron chi connectivity index (χ0n) is 12.1. The first kappa shape index (κ1) is 14.1. The van der Waals surface area contributed by atoms with Gasteiger partial charge in [-0.2, -0.15) is 5.10 Å². The normalized spacial score (nSPS) is 18.6. The molecule has 0 bridgehead atoms. The van der Waals surface area contributed by atoms with Crippen molar-refractivity contribution in [1.29, 1.82) is 0 Å². The molecule has 1 aromatic heterocycles. The number of rotatable bonds is 4. The summed E-state index contributed by atoms with van der Waals surface area (Å²) >= 11 is 0. The van der Waals surface area contributed by atoms with Crippen LogP contribution in [0, 0.1) is 0 Å². The second-order valence-corrected chi connectivity index (χ2v) is 5.30. The van der Waals surface area contributed by atoms with Gasteiger partial charge in [0.1, 0.15) is 0 Å². The molecule has 1 aromatic rings. The van der Waals surface area contributed by atoms with Crippen molar-refractivity contribution in [3.8, 4) is 0 Å². The number of hydrogen-bond donors (Lipinski definition) is 1. The number of carbonyl (C=O) groups excluding carboxylic acids is 1. The number of aromatic nitrogens is 2. The SMILES string of the molecule is CCn1cc(C(C)NC2CCN(C(C)=O)CC2)cn1. The lowest BCUT2D eigenvalue weighted by Gasteiger charge is -2.33. The summed E-state index contributed by atoms with van der Waals surface area (Å²) in [5, 5.41) is 7.95. The van der Waals surface area contributed by atoms with Crippen LogP contribution in [0.2, 0.25) is 0 Å². The van der Waals surface area contributed by atoms with Crippen LogP contribution >= 0.6 is 0 Å². The molecule has 1 atom stereocenters. The molecule has 2 rings (SSSR count). The summed E-state index contributed by atoms with van der Waals surface area (Å²) in [5.41, 5.74) is 1.23. The Bertz CT molecular complexity index is 421. The highest BCUT2D eigenvalue weighted by atomic mass is 16.2. The Labute approximate surface area is 115 Å². The standard InChI is InChI=1S/C14H24N4O/c1-4-18-10-13(9-15-18)11(2)16-14-5-7-17(8-6-14)12(3)19/h9-11,14,16H,4-8H2,1-3H3. The fourth-order valence-corrected chi connectivity index (χ4v) is 2.59. The van der Waals surface area contributed by atoms with Crippen LogP contribution in [0.25, 0.3) is 0 Å². The van der Waals surface area contributed by atoms with E-state index >= 15 is 0 Å². The van der Waals surface area contributed by atoms with E-state index in [1.165, 1.54) is 5.56 Å². The lowest BCUT2D eigenvalue weighted by Crippen LogP contribution is -2.44. The van der Waals surface area contributed by atoms with Crippen molar-refractivity contribution >= 4 is 5.91 Å². The molecule has 5 heteroatoms. The maximum atomic E-state index is 11.3. The molecular formula is C14H24N4O. The number of nitrogens with one attached hydrogen (secondary N) is 1. The van der Waals surface area contributed by atoms with Gasteiger partial charge in [-0.1, -0.05) is 0 Å². The summed E-state index contributed by atoms with van der Waals surface area (Å²) in [6, 6.07) is 0.810. The Kier molecular flexibility index (Phi) is 4.58. The molecular weight excluding hydrogens is 240 g/mol. The van der Waals surface area contributed by atoms with Gasteiger partial charge in [0.15, 0.2) is 0 Å². The van der Waals surface area contributed by atoms with Gasteiger partial charge in [-0.15, -0.1) is 0 Å². The largest absolute Gasteiger partial charge is 0.343 e. The molecule has 1 saturated heterocycles. The first-order valence-corrected chi connectivity index (χ1v) is 7.14. The summed E-state index contributed by atoms with van der Waals surface area (Å²) < 4.78 is 1.95. The van der Waals surface area contributed by atoms with Gasteiger partial charge >= 0.3 is 0 Å². The highest BCUT2D eigenvalue weighted by Gasteiger charge is 2.22. The van der Waals surface area contributed by atoms with Crippen molar-refractivity contribution in [3.63, 3.8) is 0 Å². The number of nitrogens with zero attached hydrogens (tertiary/aromatic N) is 3. The van der Waals surface area contributed by atoms with E-state index in [1.807, 2.05) is 15.8 Å². The first-order valence-electron chi connectivity index (χ1n) is 7.14. The maximum Gasteiger partial charge on any atom is 0.219 e. The van der Waals surface area contributed by atoms with Gasteiger partial charge in [-0.3, -0.25) is 9.48 Å². The van der Waals surface area contributed by atoms with Crippen LogP contribution in [-0.4, -0.2) is 39.7 Å². The molecule has 5 nitrogen and oxygen atoms in total. The number of amides is 1. The van der Waals surface area contributed by atoms with E-state index in [4.69, 9.17) is 0 Å². The third-order valence-electron chi connectivity index (χ3n) is 3.90. The van der Waals surface area contributed by atoms with E-state index in [0.29, 0.717) is 12.1 Å². The molecule has 1 aliphatic heterocycles. The maximum absolute atomic E-state index is 11.3. The van der Waals surface area contributed by atoms with Gasteiger partial charge in [0.05, 0.1) is 6.20 Å². The van der Waals surface area contributed by atoms with Gasteiger partial charge < -0.3 is 10.2 Å². The minimum absolute atomic E-state index is 0.190. The number of likely N-dealkylation sites (tertiary alicyclic amines) is 1. The van der Waals surface area contributed by atoms with Crippen molar-refractivity contribution in [2.75, 3.05) is 13.1 Å². The van der Waals surface area contributed by atoms with E-state index in [9.17, 15) is 4.79 Å². The molecule has 0 aromatic carbocycles. The molecule has 0 aliphatic carbocycles. The summed E-state index contributed by atoms with van der Waals surface area (Å²) in [5.74, 6) is 0.190. The molecule has 0 radical (unpaired) electrons. The molecule has 19 heavy (non-hydrogen) atoms. The quantitative estimate of drug-likeness (QED) is 0.898. The van der Waals surface area contributed by atoms with Crippen LogP contribution in [0.15, 0.2) is 12.4 Å². The van der Waals surface area contributed by atoms with Gasteiger partial charge in [0.25, 0.3) is 0 Å². The highest BCUT2D eigenvalue weighted by Crippen LogP contribution is 2.17. The Morgan fingerprint density at radius 2 is 2.21 bits per heavy atom. The molecule has 1 fully saturated rings. The van der Waals surface area contributed by atoms with Gasteiger partial charge in [0, 0.05) is 50.4 Å². The average Bonchev–Trinajstić information content (AvgIpc) is 2.88. The van der Waals surface area contributed by atoms with Crippen LogP contribution in [0.5, 0.6) is 0 Å². The molecule has 1 N–H and O–H groups in total. The van der Waals surface area contributed by atoms with Crippen molar-refractivity contribution in [1.82, 2.24) is 20.0 Å². The smallest absolute Gasteiger partial charge is 0.219 e. The Balaban J connectivity index is 1.83. The molecule has 1 amide bonds. The Morgan fingerprint density at radius 3 is 2.74 bits per heavy atom. The second kappa shape index (κ2) is 6.19. The molecule has 2 heterocycles. The highest BCUT2D eigenvalue weighted by molar-refractivity contribution is 5.73. The van der Waals surface area contributed by atoms with Crippen LogP contribution in [0.4, 0.5) is 0 Å². The van der Waals surface area contributed by atoms with Gasteiger partial charge in [0.2, 0.25) is 5.91 Å². The minimum Gasteiger partial charge on any atom is -0.343 e. The van der Waals surface area contributed by atoms with E-state index in [-0.39, 0.29) is 5.91 Å². The summed E-state index contributed by atoms with van der Waals surface area (Å²) in [6.45, 7) is 8.56. The number of piperidine rings is 1. The van der Waals surface area contributed by atoms with E-state index in [2.05, 4.69) is 30.5 Å². The summed E-state index contributed by atoms with van der Waals surface area (Å²) in [4.78, 5) is 13.2. The Hall–Kier alpha value is -1.36. The predicted molar refractivity (Wildman–Crippen MR) is 74.7 cm³/mol. The summed E-state index contributed by atoms with van der Waals surface area (Å²) in [7, 11) is 0. The minimum atomic E-state index is 0.190. The Morgan fingerprint density at radius 1 is 1.53 bits per heavy atom. The van der Waals surface area contributed by atoms with Crippen LogP contribution in [0.3, 0.4) is 0 Å². The van der Waals surface area contributed by atoms with E-state index in [0.717, 1.165) is 32.5 Å². The monoisotopic (exact) mass is 264 g/mol. The molecule has 0 spiro atoms. The fourth-order valence-electron chi connectivity index (χ4n) is 2.59. The number of carbonyl (C=O) groups is 1. The lowest BCUT2D eigenvalue weighted by atomic mass is 10.0. The van der Waals surface area contributed by atoms with Crippen molar-refractivity contribution in [2.45, 2.75) is 52.2 Å². The molecule has 1 unspecified atom stereocenters.